The number of hydrogen-bond acceptors (Lipinski definition) is 2. The second kappa shape index (κ2) is 4.57. The molecule has 0 radical (unpaired) electrons. The molecule has 1 aliphatic rings. The predicted octanol–water partition coefficient (Wildman–Crippen LogP) is 3.04. The zero-order chi connectivity index (χ0) is 13.4. The van der Waals surface area contributed by atoms with E-state index in [1.54, 1.807) is 7.11 Å². The van der Waals surface area contributed by atoms with Crippen LogP contribution in [0.15, 0.2) is 30.3 Å². The molecular formula is C16H16O3. The zero-order valence-electron chi connectivity index (χ0n) is 10.8. The minimum atomic E-state index is -0.708. The first-order chi connectivity index (χ1) is 9.20. The number of benzene rings is 2. The van der Waals surface area contributed by atoms with Crippen molar-refractivity contribution in [3.8, 4) is 5.75 Å². The van der Waals surface area contributed by atoms with Gasteiger partial charge in [-0.2, -0.15) is 0 Å². The highest BCUT2D eigenvalue weighted by atomic mass is 16.5. The summed E-state index contributed by atoms with van der Waals surface area (Å²) in [5.74, 6) is -0.150. The summed E-state index contributed by atoms with van der Waals surface area (Å²) in [5, 5.41) is 11.4. The molecule has 0 bridgehead atoms. The Hall–Kier alpha value is -2.03. The molecule has 0 fully saturated rings. The molecule has 0 amide bonds. The maximum absolute atomic E-state index is 11.2. The van der Waals surface area contributed by atoms with E-state index < -0.39 is 5.97 Å². The molecule has 1 aliphatic carbocycles. The molecule has 0 aromatic heterocycles. The molecule has 98 valence electrons. The number of methoxy groups -OCH3 is 1. The number of hydrogen-bond donors (Lipinski definition) is 1. The summed E-state index contributed by atoms with van der Waals surface area (Å²) in [6, 6.07) is 10.3. The lowest BCUT2D eigenvalue weighted by atomic mass is 9.82. The van der Waals surface area contributed by atoms with E-state index in [1.807, 2.05) is 18.2 Å². The molecule has 0 saturated carbocycles. The van der Waals surface area contributed by atoms with Crippen molar-refractivity contribution in [1.82, 2.24) is 0 Å². The Morgan fingerprint density at radius 2 is 2.16 bits per heavy atom. The van der Waals surface area contributed by atoms with Gasteiger partial charge in [0.15, 0.2) is 0 Å². The fourth-order valence-electron chi connectivity index (χ4n) is 2.98. The first-order valence-corrected chi connectivity index (χ1v) is 6.51. The molecule has 2 aromatic carbocycles. The Labute approximate surface area is 111 Å². The van der Waals surface area contributed by atoms with Gasteiger partial charge in [-0.05, 0) is 35.8 Å². The van der Waals surface area contributed by atoms with Crippen molar-refractivity contribution >= 4 is 16.7 Å². The molecule has 0 saturated heterocycles. The lowest BCUT2D eigenvalue weighted by Gasteiger charge is -2.24. The van der Waals surface area contributed by atoms with Gasteiger partial charge in [0.05, 0.1) is 13.0 Å². The van der Waals surface area contributed by atoms with E-state index in [0.29, 0.717) is 12.8 Å². The van der Waals surface area contributed by atoms with E-state index in [1.165, 1.54) is 5.56 Å². The lowest BCUT2D eigenvalue weighted by molar-refractivity contribution is -0.142. The van der Waals surface area contributed by atoms with Crippen molar-refractivity contribution in [1.29, 1.82) is 0 Å². The maximum Gasteiger partial charge on any atom is 0.306 e. The van der Waals surface area contributed by atoms with E-state index in [-0.39, 0.29) is 5.92 Å². The highest BCUT2D eigenvalue weighted by Crippen LogP contribution is 2.38. The first kappa shape index (κ1) is 12.0. The molecule has 1 N–H and O–H groups in total. The fourth-order valence-corrected chi connectivity index (χ4v) is 2.98. The number of rotatable bonds is 2. The quantitative estimate of drug-likeness (QED) is 0.898. The summed E-state index contributed by atoms with van der Waals surface area (Å²) in [4.78, 5) is 11.2. The average Bonchev–Trinajstić information content (AvgIpc) is 2.44. The number of carbonyl (C=O) groups is 1. The van der Waals surface area contributed by atoms with Gasteiger partial charge in [-0.25, -0.2) is 0 Å². The summed E-state index contributed by atoms with van der Waals surface area (Å²) < 4.78 is 5.56. The topological polar surface area (TPSA) is 46.5 Å². The van der Waals surface area contributed by atoms with Crippen LogP contribution in [0.1, 0.15) is 17.5 Å². The van der Waals surface area contributed by atoms with E-state index in [9.17, 15) is 9.90 Å². The van der Waals surface area contributed by atoms with Crippen LogP contribution in [-0.4, -0.2) is 18.2 Å². The van der Waals surface area contributed by atoms with Crippen molar-refractivity contribution in [2.75, 3.05) is 7.11 Å². The number of carboxylic acid groups (broad SMARTS) is 1. The predicted molar refractivity (Wildman–Crippen MR) is 73.7 cm³/mol. The van der Waals surface area contributed by atoms with E-state index >= 15 is 0 Å². The van der Waals surface area contributed by atoms with Crippen LogP contribution in [-0.2, 0) is 17.6 Å². The summed E-state index contributed by atoms with van der Waals surface area (Å²) in [5.41, 5.74) is 2.30. The smallest absolute Gasteiger partial charge is 0.306 e. The molecule has 0 unspecified atom stereocenters. The Morgan fingerprint density at radius 3 is 2.89 bits per heavy atom. The molecule has 0 heterocycles. The van der Waals surface area contributed by atoms with E-state index in [2.05, 4.69) is 12.1 Å². The number of aryl methyl sites for hydroxylation is 1. The van der Waals surface area contributed by atoms with Crippen LogP contribution >= 0.6 is 0 Å². The molecular weight excluding hydrogens is 240 g/mol. The molecule has 2 aromatic rings. The number of aliphatic carboxylic acids is 1. The second-order valence-electron chi connectivity index (χ2n) is 5.05. The Balaban J connectivity index is 2.19. The van der Waals surface area contributed by atoms with Crippen LogP contribution in [0.2, 0.25) is 0 Å². The highest BCUT2D eigenvalue weighted by molar-refractivity contribution is 5.91. The van der Waals surface area contributed by atoms with Crippen molar-refractivity contribution in [2.45, 2.75) is 19.3 Å². The monoisotopic (exact) mass is 256 g/mol. The van der Waals surface area contributed by atoms with E-state index in [4.69, 9.17) is 4.74 Å². The summed E-state index contributed by atoms with van der Waals surface area (Å²) in [7, 11) is 1.66. The Morgan fingerprint density at radius 1 is 1.37 bits per heavy atom. The van der Waals surface area contributed by atoms with Crippen molar-refractivity contribution in [2.24, 2.45) is 5.92 Å². The highest BCUT2D eigenvalue weighted by Gasteiger charge is 2.27. The molecule has 3 nitrogen and oxygen atoms in total. The van der Waals surface area contributed by atoms with Crippen LogP contribution < -0.4 is 4.74 Å². The second-order valence-corrected chi connectivity index (χ2v) is 5.05. The zero-order valence-corrected chi connectivity index (χ0v) is 10.8. The Kier molecular flexibility index (Phi) is 2.90. The molecule has 0 spiro atoms. The molecule has 3 rings (SSSR count). The normalized spacial score (nSPS) is 18.1. The standard InChI is InChI=1S/C16H16O3/c1-19-15-13-5-3-2-4-10(13)8-11-6-7-12(16(17)18)9-14(11)15/h2-5,8,12H,6-7,9H2,1H3,(H,17,18)/t12-/m1/s1. The van der Waals surface area contributed by atoms with Gasteiger partial charge < -0.3 is 9.84 Å². The van der Waals surface area contributed by atoms with Gasteiger partial charge >= 0.3 is 5.97 Å². The van der Waals surface area contributed by atoms with Crippen molar-refractivity contribution in [3.63, 3.8) is 0 Å². The third-order valence-electron chi connectivity index (χ3n) is 3.96. The lowest BCUT2D eigenvalue weighted by Crippen LogP contribution is -2.22. The maximum atomic E-state index is 11.2. The third kappa shape index (κ3) is 1.95. The van der Waals surface area contributed by atoms with Gasteiger partial charge in [0.2, 0.25) is 0 Å². The van der Waals surface area contributed by atoms with Crippen LogP contribution in [0.4, 0.5) is 0 Å². The number of carboxylic acids is 1. The van der Waals surface area contributed by atoms with Gasteiger partial charge in [-0.15, -0.1) is 0 Å². The van der Waals surface area contributed by atoms with Gasteiger partial charge in [0.25, 0.3) is 0 Å². The Bertz CT molecular complexity index is 646. The molecule has 19 heavy (non-hydrogen) atoms. The molecule has 3 heteroatoms. The third-order valence-corrected chi connectivity index (χ3v) is 3.96. The van der Waals surface area contributed by atoms with Crippen molar-refractivity contribution in [3.05, 3.63) is 41.5 Å². The van der Waals surface area contributed by atoms with Gasteiger partial charge in [-0.1, -0.05) is 30.3 Å². The van der Waals surface area contributed by atoms with Gasteiger partial charge in [0.1, 0.15) is 5.75 Å². The first-order valence-electron chi connectivity index (χ1n) is 6.51. The average molecular weight is 256 g/mol. The molecule has 1 atom stereocenters. The van der Waals surface area contributed by atoms with Gasteiger partial charge in [-0.3, -0.25) is 4.79 Å². The SMILES string of the molecule is COc1c2c(cc3ccccc13)CC[C@@H](C(=O)O)C2. The number of fused-ring (bicyclic) bond motifs is 2. The number of ether oxygens (including phenoxy) is 1. The van der Waals surface area contributed by atoms with Gasteiger partial charge in [0, 0.05) is 5.39 Å². The summed E-state index contributed by atoms with van der Waals surface area (Å²) >= 11 is 0. The van der Waals surface area contributed by atoms with E-state index in [0.717, 1.165) is 28.5 Å². The van der Waals surface area contributed by atoms with Crippen LogP contribution in [0.5, 0.6) is 5.75 Å². The van der Waals surface area contributed by atoms with Crippen molar-refractivity contribution < 1.29 is 14.6 Å². The summed E-state index contributed by atoms with van der Waals surface area (Å²) in [6.07, 6.45) is 2.09. The van der Waals surface area contributed by atoms with Crippen LogP contribution in [0.25, 0.3) is 10.8 Å². The fraction of sp³-hybridized carbons (Fsp3) is 0.312. The van der Waals surface area contributed by atoms with Crippen LogP contribution in [0.3, 0.4) is 0 Å². The van der Waals surface area contributed by atoms with Crippen LogP contribution in [0, 0.1) is 5.92 Å². The summed E-state index contributed by atoms with van der Waals surface area (Å²) in [6.45, 7) is 0. The largest absolute Gasteiger partial charge is 0.496 e. The minimum absolute atomic E-state index is 0.289. The minimum Gasteiger partial charge on any atom is -0.496 e. The molecule has 0 aliphatic heterocycles.